The van der Waals surface area contributed by atoms with Crippen LogP contribution in [0.3, 0.4) is 0 Å². The van der Waals surface area contributed by atoms with Crippen molar-refractivity contribution in [3.8, 4) is 11.4 Å². The Labute approximate surface area is 185 Å². The fraction of sp³-hybridized carbons (Fsp3) is 0.455. The van der Waals surface area contributed by atoms with Crippen molar-refractivity contribution in [2.24, 2.45) is 0 Å². The van der Waals surface area contributed by atoms with Crippen molar-refractivity contribution in [2.45, 2.75) is 52.2 Å². The molecule has 8 nitrogen and oxygen atoms in total. The molecule has 0 fully saturated rings. The lowest BCUT2D eigenvalue weighted by atomic mass is 10.1. The number of hydrogen-bond acceptors (Lipinski definition) is 6. The number of carbonyl (C=O) groups excluding carboxylic acids is 1. The van der Waals surface area contributed by atoms with Crippen molar-refractivity contribution >= 4 is 17.6 Å². The summed E-state index contributed by atoms with van der Waals surface area (Å²) >= 11 is 0. The molecule has 0 aliphatic heterocycles. The van der Waals surface area contributed by atoms with E-state index in [1.165, 1.54) is 15.6 Å². The largest absolute Gasteiger partial charge is 0.444 e. The van der Waals surface area contributed by atoms with Gasteiger partial charge in [-0.1, -0.05) is 13.3 Å². The summed E-state index contributed by atoms with van der Waals surface area (Å²) in [4.78, 5) is 22.1. The van der Waals surface area contributed by atoms with E-state index in [2.05, 4.69) is 20.4 Å². The van der Waals surface area contributed by atoms with Crippen LogP contribution in [0.4, 0.5) is 19.4 Å². The number of anilines is 1. The molecular formula is C22H28F2N6O2. The molecule has 0 radical (unpaired) electrons. The molecule has 0 aliphatic rings. The van der Waals surface area contributed by atoms with Crippen LogP contribution in [-0.2, 0) is 4.74 Å². The molecule has 3 heterocycles. The van der Waals surface area contributed by atoms with E-state index in [1.807, 2.05) is 6.92 Å². The first-order valence-electron chi connectivity index (χ1n) is 10.4. The highest BCUT2D eigenvalue weighted by Gasteiger charge is 2.24. The topological polar surface area (TPSA) is 84.6 Å². The molecule has 1 atom stereocenters. The molecule has 172 valence electrons. The highest BCUT2D eigenvalue weighted by Crippen LogP contribution is 2.26. The summed E-state index contributed by atoms with van der Waals surface area (Å²) < 4.78 is 36.0. The third-order valence-electron chi connectivity index (χ3n) is 4.63. The molecule has 1 unspecified atom stereocenters. The van der Waals surface area contributed by atoms with Gasteiger partial charge in [-0.15, -0.1) is 0 Å². The Hall–Kier alpha value is -3.30. The zero-order chi connectivity index (χ0) is 23.5. The molecule has 0 aliphatic carbocycles. The van der Waals surface area contributed by atoms with E-state index in [9.17, 15) is 13.6 Å². The van der Waals surface area contributed by atoms with E-state index in [-0.39, 0.29) is 24.1 Å². The smallest absolute Gasteiger partial charge is 0.410 e. The van der Waals surface area contributed by atoms with Crippen LogP contribution >= 0.6 is 0 Å². The molecule has 0 saturated heterocycles. The number of ether oxygens (including phenoxy) is 1. The lowest BCUT2D eigenvalue weighted by molar-refractivity contribution is 0.0291. The Morgan fingerprint density at radius 1 is 1.31 bits per heavy atom. The SMILES string of the molecule is CCCC(CN(C)C(=O)OC(C)(C)C)Nc1nc(-c2cnc3cccnn23)c(F)cc1F. The van der Waals surface area contributed by atoms with Crippen molar-refractivity contribution < 1.29 is 18.3 Å². The fourth-order valence-electron chi connectivity index (χ4n) is 3.23. The molecule has 0 spiro atoms. The molecule has 3 aromatic rings. The Morgan fingerprint density at radius 3 is 2.75 bits per heavy atom. The second-order valence-corrected chi connectivity index (χ2v) is 8.58. The minimum Gasteiger partial charge on any atom is -0.444 e. The number of carbonyl (C=O) groups is 1. The molecule has 0 aromatic carbocycles. The van der Waals surface area contributed by atoms with Gasteiger partial charge in [0, 0.05) is 31.9 Å². The first-order valence-corrected chi connectivity index (χ1v) is 10.4. The van der Waals surface area contributed by atoms with E-state index < -0.39 is 23.3 Å². The van der Waals surface area contributed by atoms with Crippen molar-refractivity contribution in [3.63, 3.8) is 0 Å². The normalized spacial score (nSPS) is 12.6. The van der Waals surface area contributed by atoms with Crippen molar-refractivity contribution in [1.29, 1.82) is 0 Å². The van der Waals surface area contributed by atoms with Gasteiger partial charge in [0.25, 0.3) is 0 Å². The second-order valence-electron chi connectivity index (χ2n) is 8.58. The average Bonchev–Trinajstić information content (AvgIpc) is 3.12. The maximum Gasteiger partial charge on any atom is 0.410 e. The third-order valence-corrected chi connectivity index (χ3v) is 4.63. The second kappa shape index (κ2) is 9.46. The molecular weight excluding hydrogens is 418 g/mol. The first-order chi connectivity index (χ1) is 15.1. The minimum absolute atomic E-state index is 0.0733. The number of imidazole rings is 1. The van der Waals surface area contributed by atoms with E-state index in [4.69, 9.17) is 4.74 Å². The Morgan fingerprint density at radius 2 is 2.06 bits per heavy atom. The predicted molar refractivity (Wildman–Crippen MR) is 117 cm³/mol. The minimum atomic E-state index is -0.825. The summed E-state index contributed by atoms with van der Waals surface area (Å²) in [5.74, 6) is -1.75. The Balaban J connectivity index is 1.86. The van der Waals surface area contributed by atoms with Gasteiger partial charge in [-0.2, -0.15) is 5.10 Å². The number of hydrogen-bond donors (Lipinski definition) is 1. The molecule has 3 rings (SSSR count). The van der Waals surface area contributed by atoms with Gasteiger partial charge >= 0.3 is 6.09 Å². The van der Waals surface area contributed by atoms with Gasteiger partial charge in [0.15, 0.2) is 23.1 Å². The number of nitrogens with one attached hydrogen (secondary N) is 1. The van der Waals surface area contributed by atoms with Crippen LogP contribution in [0.1, 0.15) is 40.5 Å². The molecule has 1 N–H and O–H groups in total. The van der Waals surface area contributed by atoms with Crippen LogP contribution in [0, 0.1) is 11.6 Å². The molecule has 0 saturated carbocycles. The van der Waals surface area contributed by atoms with Crippen molar-refractivity contribution in [2.75, 3.05) is 18.9 Å². The van der Waals surface area contributed by atoms with E-state index >= 15 is 0 Å². The van der Waals surface area contributed by atoms with Crippen molar-refractivity contribution in [3.05, 3.63) is 42.2 Å². The number of halogens is 2. The van der Waals surface area contributed by atoms with Crippen LogP contribution in [0.2, 0.25) is 0 Å². The Bertz CT molecular complexity index is 1100. The molecule has 1 amide bonds. The number of rotatable bonds is 7. The number of likely N-dealkylation sites (N-methyl/N-ethyl adjacent to an activating group) is 1. The van der Waals surface area contributed by atoms with Gasteiger partial charge in [0.2, 0.25) is 0 Å². The highest BCUT2D eigenvalue weighted by molar-refractivity contribution is 5.68. The van der Waals surface area contributed by atoms with Gasteiger partial charge in [-0.05, 0) is 39.3 Å². The summed E-state index contributed by atoms with van der Waals surface area (Å²) in [6, 6.07) is 3.90. The van der Waals surface area contributed by atoms with Gasteiger partial charge in [-0.25, -0.2) is 28.1 Å². The van der Waals surface area contributed by atoms with Gasteiger partial charge < -0.3 is 15.0 Å². The molecule has 32 heavy (non-hydrogen) atoms. The maximum atomic E-state index is 14.6. The molecule has 10 heteroatoms. The van der Waals surface area contributed by atoms with Crippen LogP contribution in [0.25, 0.3) is 17.0 Å². The number of aromatic nitrogens is 4. The van der Waals surface area contributed by atoms with Crippen LogP contribution in [0.15, 0.2) is 30.6 Å². The predicted octanol–water partition coefficient (Wildman–Crippen LogP) is 4.52. The quantitative estimate of drug-likeness (QED) is 0.575. The number of nitrogens with zero attached hydrogens (tertiary/aromatic N) is 5. The number of pyridine rings is 1. The lowest BCUT2D eigenvalue weighted by Crippen LogP contribution is -2.41. The maximum absolute atomic E-state index is 14.6. The zero-order valence-corrected chi connectivity index (χ0v) is 18.9. The van der Waals surface area contributed by atoms with Crippen LogP contribution < -0.4 is 5.32 Å². The zero-order valence-electron chi connectivity index (χ0n) is 18.9. The summed E-state index contributed by atoms with van der Waals surface area (Å²) in [6.45, 7) is 7.60. The summed E-state index contributed by atoms with van der Waals surface area (Å²) in [5, 5.41) is 7.19. The standard InChI is InChI=1S/C22H28F2N6O2/c1-6-8-14(13-29(5)21(31)32-22(2,3)4)27-20-16(24)11-15(23)19(28-20)17-12-25-18-9-7-10-26-30(17)18/h7,9-12,14H,6,8,13H2,1-5H3,(H,27,28). The van der Waals surface area contributed by atoms with Gasteiger partial charge in [0.1, 0.15) is 17.0 Å². The third kappa shape index (κ3) is 5.49. The number of amides is 1. The molecule has 0 bridgehead atoms. The van der Waals surface area contributed by atoms with E-state index in [0.717, 1.165) is 12.5 Å². The van der Waals surface area contributed by atoms with Gasteiger partial charge in [0.05, 0.1) is 6.20 Å². The number of fused-ring (bicyclic) bond motifs is 1. The Kier molecular flexibility index (Phi) is 6.90. The highest BCUT2D eigenvalue weighted by atomic mass is 19.1. The fourth-order valence-corrected chi connectivity index (χ4v) is 3.23. The summed E-state index contributed by atoms with van der Waals surface area (Å²) in [6.07, 6.45) is 3.92. The molecule has 3 aromatic heterocycles. The monoisotopic (exact) mass is 446 g/mol. The van der Waals surface area contributed by atoms with E-state index in [1.54, 1.807) is 46.1 Å². The summed E-state index contributed by atoms with van der Waals surface area (Å²) in [5.41, 5.74) is 0.126. The average molecular weight is 447 g/mol. The lowest BCUT2D eigenvalue weighted by Gasteiger charge is -2.28. The van der Waals surface area contributed by atoms with E-state index in [0.29, 0.717) is 17.8 Å². The van der Waals surface area contributed by atoms with Crippen molar-refractivity contribution in [1.82, 2.24) is 24.5 Å². The van der Waals surface area contributed by atoms with Crippen LogP contribution in [-0.4, -0.2) is 55.8 Å². The first kappa shape index (κ1) is 23.4. The summed E-state index contributed by atoms with van der Waals surface area (Å²) in [7, 11) is 1.61. The van der Waals surface area contributed by atoms with Gasteiger partial charge in [-0.3, -0.25) is 0 Å². The van der Waals surface area contributed by atoms with Crippen LogP contribution in [0.5, 0.6) is 0 Å².